The number of anilines is 1. The Morgan fingerprint density at radius 1 is 1.12 bits per heavy atom. The minimum absolute atomic E-state index is 0.0331. The third-order valence-corrected chi connectivity index (χ3v) is 4.56. The summed E-state index contributed by atoms with van der Waals surface area (Å²) in [5.41, 5.74) is 11.3. The van der Waals surface area contributed by atoms with Gasteiger partial charge >= 0.3 is 0 Å². The molecule has 0 aliphatic carbocycles. The molecule has 0 saturated carbocycles. The van der Waals surface area contributed by atoms with Gasteiger partial charge in [-0.3, -0.25) is 4.79 Å². The lowest BCUT2D eigenvalue weighted by molar-refractivity contribution is -0.117. The molecule has 126 valence electrons. The topological polar surface area (TPSA) is 77.0 Å². The largest absolute Gasteiger partial charge is 0.322 e. The van der Waals surface area contributed by atoms with E-state index in [1.165, 1.54) is 0 Å². The number of aryl methyl sites for hydroxylation is 1. The van der Waals surface area contributed by atoms with Crippen molar-refractivity contribution < 1.29 is 4.79 Å². The van der Waals surface area contributed by atoms with Gasteiger partial charge in [0.15, 0.2) is 0 Å². The number of aromatic nitrogens is 3. The zero-order valence-electron chi connectivity index (χ0n) is 14.0. The van der Waals surface area contributed by atoms with Crippen LogP contribution >= 0.6 is 0 Å². The van der Waals surface area contributed by atoms with Crippen molar-refractivity contribution in [2.45, 2.75) is 20.0 Å². The molecule has 0 saturated heterocycles. The molecular formula is C19H19N5O. The molecule has 0 unspecified atom stereocenters. The summed E-state index contributed by atoms with van der Waals surface area (Å²) in [6, 6.07) is 15.9. The number of benzene rings is 2. The number of carbonyl (C=O) groups excluding carboxylic acids is 1. The van der Waals surface area contributed by atoms with Crippen LogP contribution in [-0.4, -0.2) is 27.4 Å². The maximum absolute atomic E-state index is 12.6. The molecule has 4 rings (SSSR count). The molecule has 2 N–H and O–H groups in total. The second kappa shape index (κ2) is 6.14. The van der Waals surface area contributed by atoms with E-state index in [9.17, 15) is 4.79 Å². The predicted molar refractivity (Wildman–Crippen MR) is 96.8 cm³/mol. The van der Waals surface area contributed by atoms with Crippen LogP contribution in [0.1, 0.15) is 12.5 Å². The van der Waals surface area contributed by atoms with Gasteiger partial charge in [-0.15, -0.1) is 5.10 Å². The van der Waals surface area contributed by atoms with E-state index in [0.29, 0.717) is 13.1 Å². The van der Waals surface area contributed by atoms with Gasteiger partial charge in [-0.2, -0.15) is 0 Å². The van der Waals surface area contributed by atoms with Crippen LogP contribution in [-0.2, 0) is 17.9 Å². The van der Waals surface area contributed by atoms with Gasteiger partial charge in [-0.1, -0.05) is 47.7 Å². The molecule has 6 nitrogen and oxygen atoms in total. The van der Waals surface area contributed by atoms with Crippen molar-refractivity contribution in [1.29, 1.82) is 0 Å². The normalized spacial score (nSPS) is 12.6. The third-order valence-electron chi connectivity index (χ3n) is 4.56. The number of hydrogen-bond donors (Lipinski definition) is 1. The van der Waals surface area contributed by atoms with Crippen LogP contribution < -0.4 is 10.6 Å². The molecule has 25 heavy (non-hydrogen) atoms. The minimum Gasteiger partial charge on any atom is -0.322 e. The first-order valence-electron chi connectivity index (χ1n) is 8.36. The number of nitrogens with zero attached hydrogens (tertiary/aromatic N) is 4. The van der Waals surface area contributed by atoms with E-state index in [1.807, 2.05) is 60.1 Å². The molecule has 2 aromatic carbocycles. The highest BCUT2D eigenvalue weighted by atomic mass is 16.2. The zero-order chi connectivity index (χ0) is 17.4. The lowest BCUT2D eigenvalue weighted by Crippen LogP contribution is -2.36. The van der Waals surface area contributed by atoms with Crippen LogP contribution in [0, 0.1) is 0 Å². The SMILES string of the molecule is CCn1nnc2c1-c1ccccc1N(C(=O)CN)Cc1ccccc1-2. The number of amides is 1. The Morgan fingerprint density at radius 3 is 2.60 bits per heavy atom. The summed E-state index contributed by atoms with van der Waals surface area (Å²) in [4.78, 5) is 14.3. The lowest BCUT2D eigenvalue weighted by Gasteiger charge is -2.28. The highest BCUT2D eigenvalue weighted by molar-refractivity contribution is 6.00. The summed E-state index contributed by atoms with van der Waals surface area (Å²) in [7, 11) is 0. The van der Waals surface area contributed by atoms with Crippen molar-refractivity contribution >= 4 is 11.6 Å². The van der Waals surface area contributed by atoms with Gasteiger partial charge in [0.25, 0.3) is 0 Å². The van der Waals surface area contributed by atoms with Crippen molar-refractivity contribution in [2.75, 3.05) is 11.4 Å². The van der Waals surface area contributed by atoms with Crippen molar-refractivity contribution in [3.8, 4) is 22.5 Å². The minimum atomic E-state index is -0.110. The van der Waals surface area contributed by atoms with Gasteiger partial charge in [0.1, 0.15) is 5.69 Å². The van der Waals surface area contributed by atoms with E-state index in [0.717, 1.165) is 33.8 Å². The molecular weight excluding hydrogens is 314 g/mol. The Balaban J connectivity index is 2.08. The maximum atomic E-state index is 12.6. The van der Waals surface area contributed by atoms with Gasteiger partial charge in [-0.05, 0) is 18.6 Å². The molecule has 0 fully saturated rings. The van der Waals surface area contributed by atoms with Gasteiger partial charge in [0, 0.05) is 17.7 Å². The molecule has 0 spiro atoms. The maximum Gasteiger partial charge on any atom is 0.241 e. The fourth-order valence-corrected chi connectivity index (χ4v) is 3.37. The highest BCUT2D eigenvalue weighted by Gasteiger charge is 2.28. The van der Waals surface area contributed by atoms with Crippen molar-refractivity contribution in [3.05, 3.63) is 54.1 Å². The number of hydrogen-bond acceptors (Lipinski definition) is 4. The molecule has 1 amide bonds. The summed E-state index contributed by atoms with van der Waals surface area (Å²) >= 11 is 0. The Kier molecular flexibility index (Phi) is 3.82. The first-order chi connectivity index (χ1) is 12.2. The van der Waals surface area contributed by atoms with E-state index in [2.05, 4.69) is 10.3 Å². The summed E-state index contributed by atoms with van der Waals surface area (Å²) < 4.78 is 1.88. The van der Waals surface area contributed by atoms with E-state index in [1.54, 1.807) is 4.90 Å². The Bertz CT molecular complexity index is 946. The lowest BCUT2D eigenvalue weighted by atomic mass is 9.95. The Labute approximate surface area is 145 Å². The molecule has 6 heteroatoms. The molecule has 0 radical (unpaired) electrons. The monoisotopic (exact) mass is 333 g/mol. The fraction of sp³-hybridized carbons (Fsp3) is 0.211. The van der Waals surface area contributed by atoms with Crippen LogP contribution in [0.2, 0.25) is 0 Å². The van der Waals surface area contributed by atoms with Gasteiger partial charge in [0.05, 0.1) is 24.5 Å². The van der Waals surface area contributed by atoms with E-state index in [-0.39, 0.29) is 12.5 Å². The second-order valence-corrected chi connectivity index (χ2v) is 5.96. The first-order valence-corrected chi connectivity index (χ1v) is 8.36. The molecule has 0 bridgehead atoms. The first kappa shape index (κ1) is 15.5. The molecule has 1 aromatic heterocycles. The molecule has 1 aliphatic rings. The highest BCUT2D eigenvalue weighted by Crippen LogP contribution is 2.40. The Hall–Kier alpha value is -2.99. The van der Waals surface area contributed by atoms with Crippen LogP contribution in [0.25, 0.3) is 22.5 Å². The van der Waals surface area contributed by atoms with Gasteiger partial charge in [0.2, 0.25) is 5.91 Å². The number of fused-ring (bicyclic) bond motifs is 5. The average Bonchev–Trinajstić information content (AvgIpc) is 3.08. The second-order valence-electron chi connectivity index (χ2n) is 5.96. The number of nitrogens with two attached hydrogens (primary N) is 1. The summed E-state index contributed by atoms with van der Waals surface area (Å²) in [5, 5.41) is 8.77. The summed E-state index contributed by atoms with van der Waals surface area (Å²) in [5.74, 6) is -0.110. The summed E-state index contributed by atoms with van der Waals surface area (Å²) in [6.07, 6.45) is 0. The predicted octanol–water partition coefficient (Wildman–Crippen LogP) is 2.44. The van der Waals surface area contributed by atoms with Gasteiger partial charge in [-0.25, -0.2) is 4.68 Å². The van der Waals surface area contributed by atoms with Crippen molar-refractivity contribution in [1.82, 2.24) is 15.0 Å². The van der Waals surface area contributed by atoms with Crippen LogP contribution in [0.3, 0.4) is 0 Å². The molecule has 0 atom stereocenters. The fourth-order valence-electron chi connectivity index (χ4n) is 3.37. The Morgan fingerprint density at radius 2 is 1.84 bits per heavy atom. The quantitative estimate of drug-likeness (QED) is 0.781. The number of carbonyl (C=O) groups is 1. The zero-order valence-corrected chi connectivity index (χ0v) is 14.0. The third kappa shape index (κ3) is 2.42. The van der Waals surface area contributed by atoms with Crippen LogP contribution in [0.5, 0.6) is 0 Å². The molecule has 1 aliphatic heterocycles. The number of para-hydroxylation sites is 1. The molecule has 2 heterocycles. The van der Waals surface area contributed by atoms with Crippen molar-refractivity contribution in [3.63, 3.8) is 0 Å². The van der Waals surface area contributed by atoms with E-state index >= 15 is 0 Å². The van der Waals surface area contributed by atoms with Crippen LogP contribution in [0.4, 0.5) is 5.69 Å². The average molecular weight is 333 g/mol. The molecule has 3 aromatic rings. The van der Waals surface area contributed by atoms with Crippen LogP contribution in [0.15, 0.2) is 48.5 Å². The van der Waals surface area contributed by atoms with Crippen molar-refractivity contribution in [2.24, 2.45) is 5.73 Å². The van der Waals surface area contributed by atoms with E-state index < -0.39 is 0 Å². The standard InChI is InChI=1S/C19H19N5O/c1-2-24-19-15-9-5-6-10-16(15)23(17(25)11-20)12-13-7-3-4-8-14(13)18(19)21-22-24/h3-10H,2,11-12,20H2,1H3. The number of rotatable bonds is 2. The summed E-state index contributed by atoms with van der Waals surface area (Å²) in [6.45, 7) is 3.16. The van der Waals surface area contributed by atoms with Gasteiger partial charge < -0.3 is 10.6 Å². The smallest absolute Gasteiger partial charge is 0.241 e. The van der Waals surface area contributed by atoms with E-state index in [4.69, 9.17) is 5.73 Å².